The summed E-state index contributed by atoms with van der Waals surface area (Å²) in [6, 6.07) is 7.04. The summed E-state index contributed by atoms with van der Waals surface area (Å²) in [5.41, 5.74) is 12.4. The highest BCUT2D eigenvalue weighted by molar-refractivity contribution is 14.1. The second-order valence-electron chi connectivity index (χ2n) is 14.8. The molecule has 54 heavy (non-hydrogen) atoms. The van der Waals surface area contributed by atoms with E-state index in [1.165, 1.54) is 11.8 Å². The summed E-state index contributed by atoms with van der Waals surface area (Å²) in [6.45, 7) is 16.6. The number of hydrogen-bond donors (Lipinski definition) is 1. The van der Waals surface area contributed by atoms with Crippen molar-refractivity contribution in [1.29, 1.82) is 0 Å². The van der Waals surface area contributed by atoms with Crippen molar-refractivity contribution in [1.82, 2.24) is 14.9 Å². The van der Waals surface area contributed by atoms with E-state index in [-0.39, 0.29) is 36.0 Å². The Morgan fingerprint density at radius 1 is 1.22 bits per heavy atom. The molecule has 3 atom stereocenters. The largest absolute Gasteiger partial charge is 0.490 e. The summed E-state index contributed by atoms with van der Waals surface area (Å²) in [5, 5.41) is 0. The lowest BCUT2D eigenvalue weighted by Crippen LogP contribution is -2.52. The quantitative estimate of drug-likeness (QED) is 0.0165. The van der Waals surface area contributed by atoms with E-state index in [1.54, 1.807) is 20.4 Å². The number of rotatable bonds is 14. The van der Waals surface area contributed by atoms with Crippen LogP contribution in [0.4, 0.5) is 0 Å². The maximum absolute atomic E-state index is 15.2. The molecule has 0 radical (unpaired) electrons. The monoisotopic (exact) mass is 872 g/mol. The Balaban J connectivity index is 1.88. The normalized spacial score (nSPS) is 19.4. The summed E-state index contributed by atoms with van der Waals surface area (Å²) in [5.74, 6) is 3.02. The SMILES string of the molecule is CC[SH+]C/C=C(\C=C/CI)C(=O)N1C(COC(=NC)/C(OC)=C(\N)c2c(C)cccc2C)C(OC(C)C)CCC[C@H]1c1cnc2oc(C(C)(C)C)cc2n1. The molecule has 12 heteroatoms. The zero-order chi connectivity index (χ0) is 39.6. The summed E-state index contributed by atoms with van der Waals surface area (Å²) >= 11 is 3.54. The van der Waals surface area contributed by atoms with Gasteiger partial charge in [0.15, 0.2) is 0 Å². The van der Waals surface area contributed by atoms with Crippen molar-refractivity contribution >= 4 is 63.1 Å². The molecule has 0 spiro atoms. The number of fused-ring (bicyclic) bond motifs is 1. The molecular formula is C42H59IN5O5S+. The highest BCUT2D eigenvalue weighted by Gasteiger charge is 2.42. The van der Waals surface area contributed by atoms with Gasteiger partial charge in [-0.3, -0.25) is 9.79 Å². The lowest BCUT2D eigenvalue weighted by atomic mass is 9.93. The topological polar surface area (TPSA) is 125 Å². The van der Waals surface area contributed by atoms with Crippen LogP contribution in [0.3, 0.4) is 0 Å². The minimum atomic E-state index is -0.532. The van der Waals surface area contributed by atoms with Gasteiger partial charge in [-0.1, -0.05) is 73.7 Å². The van der Waals surface area contributed by atoms with Crippen LogP contribution in [0.15, 0.2) is 69.4 Å². The highest BCUT2D eigenvalue weighted by Crippen LogP contribution is 2.37. The summed E-state index contributed by atoms with van der Waals surface area (Å²) in [7, 11) is 3.21. The molecule has 3 aromatic rings. The molecule has 1 aliphatic rings. The molecule has 294 valence electrons. The summed E-state index contributed by atoms with van der Waals surface area (Å²) < 4.78 is 26.1. The predicted octanol–water partition coefficient (Wildman–Crippen LogP) is 8.12. The number of carbonyl (C=O) groups excluding carboxylic acids is 1. The first-order valence-electron chi connectivity index (χ1n) is 18.8. The highest BCUT2D eigenvalue weighted by atomic mass is 127. The van der Waals surface area contributed by atoms with Gasteiger partial charge in [0, 0.05) is 34.1 Å². The van der Waals surface area contributed by atoms with Crippen molar-refractivity contribution in [2.45, 2.75) is 104 Å². The zero-order valence-electron chi connectivity index (χ0n) is 33.6. The lowest BCUT2D eigenvalue weighted by molar-refractivity contribution is -0.139. The standard InChI is InChI=1S/C42H58IN5O5S/c1-11-54-22-20-29(17-14-21-43)41(49)48-32(31-24-46-39-30(47-31)23-35(53-39)42(6,7)8)18-13-19-34(52-26(2)3)33(48)25-51-40(45-9)38(50-10)37(44)36-27(4)15-12-16-28(36)5/h12,14-17,20,23-24,26,32-34H,11,13,18-19,21-22,25,44H2,1-10H3/p+1/b17-14-,29-20+,38-37+,45-40?/t32-,33?,34?/m0/s1. The van der Waals surface area contributed by atoms with Gasteiger partial charge in [0.2, 0.25) is 11.5 Å². The Hall–Kier alpha value is -3.36. The third-order valence-electron chi connectivity index (χ3n) is 9.39. The van der Waals surface area contributed by atoms with E-state index in [0.717, 1.165) is 51.2 Å². The van der Waals surface area contributed by atoms with E-state index < -0.39 is 12.1 Å². The van der Waals surface area contributed by atoms with Crippen LogP contribution in [0.5, 0.6) is 0 Å². The van der Waals surface area contributed by atoms with Gasteiger partial charge >= 0.3 is 0 Å². The second-order valence-corrected chi connectivity index (χ2v) is 17.1. The Labute approximate surface area is 339 Å². The fourth-order valence-corrected chi connectivity index (χ4v) is 7.64. The van der Waals surface area contributed by atoms with Crippen LogP contribution in [-0.4, -0.2) is 81.6 Å². The molecule has 1 fully saturated rings. The van der Waals surface area contributed by atoms with Gasteiger partial charge in [-0.05, 0) is 82.8 Å². The Morgan fingerprint density at radius 3 is 2.56 bits per heavy atom. The van der Waals surface area contributed by atoms with Gasteiger partial charge in [0.1, 0.15) is 29.4 Å². The molecule has 1 aliphatic heterocycles. The van der Waals surface area contributed by atoms with Crippen LogP contribution in [-0.2, 0) is 36.2 Å². The first-order valence-corrected chi connectivity index (χ1v) is 21.6. The Kier molecular flexibility index (Phi) is 16.1. The molecule has 2 aromatic heterocycles. The van der Waals surface area contributed by atoms with Gasteiger partial charge in [-0.25, -0.2) is 9.97 Å². The van der Waals surface area contributed by atoms with E-state index in [2.05, 4.69) is 55.3 Å². The molecule has 10 nitrogen and oxygen atoms in total. The number of ether oxygens (including phenoxy) is 3. The first-order chi connectivity index (χ1) is 25.7. The smallest absolute Gasteiger partial charge is 0.254 e. The Morgan fingerprint density at radius 2 is 1.94 bits per heavy atom. The molecule has 1 aromatic carbocycles. The third kappa shape index (κ3) is 10.7. The van der Waals surface area contributed by atoms with Crippen LogP contribution in [0, 0.1) is 13.8 Å². The number of aromatic nitrogens is 2. The number of carbonyl (C=O) groups is 1. The Bertz CT molecular complexity index is 1840. The number of alkyl halides is 1. The molecule has 0 bridgehead atoms. The van der Waals surface area contributed by atoms with Crippen LogP contribution < -0.4 is 5.73 Å². The molecule has 1 saturated heterocycles. The number of allylic oxidation sites excluding steroid dienone is 1. The summed E-state index contributed by atoms with van der Waals surface area (Å²) in [6.07, 6.45) is 9.51. The number of halogens is 1. The number of hydrogen-bond acceptors (Lipinski definition) is 9. The first kappa shape index (κ1) is 43.4. The third-order valence-corrected chi connectivity index (χ3v) is 10.8. The van der Waals surface area contributed by atoms with Crippen molar-refractivity contribution in [2.75, 3.05) is 36.7 Å². The number of benzene rings is 1. The molecule has 0 aliphatic carbocycles. The molecule has 1 amide bonds. The molecule has 3 heterocycles. The fraction of sp³-hybridized carbons (Fsp3) is 0.524. The fourth-order valence-electron chi connectivity index (χ4n) is 6.80. The zero-order valence-corrected chi connectivity index (χ0v) is 36.7. The second kappa shape index (κ2) is 20.0. The maximum atomic E-state index is 15.2. The number of thiol groups is 1. The van der Waals surface area contributed by atoms with Gasteiger partial charge in [-0.15, -0.1) is 0 Å². The predicted molar refractivity (Wildman–Crippen MR) is 231 cm³/mol. The van der Waals surface area contributed by atoms with Gasteiger partial charge in [0.05, 0.1) is 49.0 Å². The molecule has 2 N–H and O–H groups in total. The minimum absolute atomic E-state index is 0.0746. The van der Waals surface area contributed by atoms with Crippen molar-refractivity contribution in [2.24, 2.45) is 10.7 Å². The number of furan rings is 1. The lowest BCUT2D eigenvalue weighted by Gasteiger charge is -2.39. The van der Waals surface area contributed by atoms with Crippen LogP contribution in [0.25, 0.3) is 16.9 Å². The van der Waals surface area contributed by atoms with E-state index in [0.29, 0.717) is 40.4 Å². The van der Waals surface area contributed by atoms with Gasteiger partial charge < -0.3 is 29.3 Å². The number of amides is 1. The van der Waals surface area contributed by atoms with Gasteiger partial charge in [-0.2, -0.15) is 0 Å². The van der Waals surface area contributed by atoms with E-state index in [1.807, 2.05) is 75.1 Å². The maximum Gasteiger partial charge on any atom is 0.254 e. The van der Waals surface area contributed by atoms with E-state index in [9.17, 15) is 0 Å². The average molecular weight is 873 g/mol. The van der Waals surface area contributed by atoms with E-state index in [4.69, 9.17) is 34.3 Å². The molecule has 2 unspecified atom stereocenters. The number of nitrogens with two attached hydrogens (primary N) is 1. The molecule has 0 saturated carbocycles. The van der Waals surface area contributed by atoms with Crippen molar-refractivity contribution in [3.63, 3.8) is 0 Å². The number of aliphatic imine (C=N–C) groups is 1. The van der Waals surface area contributed by atoms with Crippen molar-refractivity contribution < 1.29 is 23.4 Å². The van der Waals surface area contributed by atoms with Crippen LogP contribution in [0.1, 0.15) is 95.0 Å². The molecule has 4 rings (SSSR count). The van der Waals surface area contributed by atoms with Crippen LogP contribution >= 0.6 is 22.6 Å². The average Bonchev–Trinajstić information content (AvgIpc) is 3.49. The number of methoxy groups -OCH3 is 1. The van der Waals surface area contributed by atoms with E-state index >= 15 is 4.79 Å². The van der Waals surface area contributed by atoms with Crippen LogP contribution in [0.2, 0.25) is 0 Å². The van der Waals surface area contributed by atoms with Gasteiger partial charge in [0.25, 0.3) is 11.8 Å². The summed E-state index contributed by atoms with van der Waals surface area (Å²) in [4.78, 5) is 31.5. The number of aryl methyl sites for hydroxylation is 2. The molecular weight excluding hydrogens is 813 g/mol. The van der Waals surface area contributed by atoms with Crippen molar-refractivity contribution in [3.8, 4) is 0 Å². The number of nitrogens with zero attached hydrogens (tertiary/aromatic N) is 4. The minimum Gasteiger partial charge on any atom is -0.490 e. The number of likely N-dealkylation sites (tertiary alicyclic amines) is 1. The van der Waals surface area contributed by atoms with Crippen molar-refractivity contribution in [3.05, 3.63) is 88.2 Å².